The summed E-state index contributed by atoms with van der Waals surface area (Å²) in [6.45, 7) is 0.214. The van der Waals surface area contributed by atoms with Gasteiger partial charge in [0.2, 0.25) is 11.8 Å². The lowest BCUT2D eigenvalue weighted by molar-refractivity contribution is -0.152. The van der Waals surface area contributed by atoms with Crippen LogP contribution in [0, 0.1) is 0 Å². The molecule has 0 spiro atoms. The van der Waals surface area contributed by atoms with Gasteiger partial charge in [-0.3, -0.25) is 14.4 Å². The Morgan fingerprint density at radius 1 is 1.23 bits per heavy atom. The van der Waals surface area contributed by atoms with Crippen molar-refractivity contribution in [3.05, 3.63) is 0 Å². The Bertz CT molecular complexity index is 300. The normalized spacial score (nSPS) is 28.4. The maximum absolute atomic E-state index is 11.5. The van der Waals surface area contributed by atoms with Crippen LogP contribution in [0.15, 0.2) is 0 Å². The van der Waals surface area contributed by atoms with Gasteiger partial charge < -0.3 is 9.80 Å². The molecule has 2 heterocycles. The molecule has 70 valence electrons. The van der Waals surface area contributed by atoms with Crippen molar-refractivity contribution in [1.82, 2.24) is 9.80 Å². The lowest BCUT2D eigenvalue weighted by Gasteiger charge is -2.33. The van der Waals surface area contributed by atoms with Crippen LogP contribution in [0.5, 0.6) is 0 Å². The molecule has 2 rings (SSSR count). The topological polar surface area (TPSA) is 57.7 Å². The Hall–Kier alpha value is -1.39. The molecule has 0 aliphatic carbocycles. The number of Topliss-reactive ketones (excluding diaryl/α,β-unsaturated/α-hetero) is 1. The zero-order chi connectivity index (χ0) is 9.59. The summed E-state index contributed by atoms with van der Waals surface area (Å²) in [5.74, 6) is -0.273. The van der Waals surface area contributed by atoms with Crippen LogP contribution in [0.4, 0.5) is 0 Å². The van der Waals surface area contributed by atoms with Crippen molar-refractivity contribution in [2.24, 2.45) is 0 Å². The van der Waals surface area contributed by atoms with Gasteiger partial charge in [-0.1, -0.05) is 0 Å². The van der Waals surface area contributed by atoms with Crippen LogP contribution in [-0.2, 0) is 14.4 Å². The lowest BCUT2D eigenvalue weighted by atomic mass is 10.1. The number of carbonyl (C=O) groups is 3. The standard InChI is InChI=1S/C8H10N2O3/c1-9-4-7(12)10-3-5(11)2-6(10)8(9)13/h6H,2-4H2,1H3/t6-/m1/s1. The summed E-state index contributed by atoms with van der Waals surface area (Å²) in [7, 11) is 1.58. The second-order valence-electron chi connectivity index (χ2n) is 3.47. The molecule has 2 aliphatic rings. The molecule has 2 saturated heterocycles. The maximum atomic E-state index is 11.5. The van der Waals surface area contributed by atoms with Crippen molar-refractivity contribution in [3.8, 4) is 0 Å². The van der Waals surface area contributed by atoms with Crippen molar-refractivity contribution < 1.29 is 14.4 Å². The monoisotopic (exact) mass is 182 g/mol. The summed E-state index contributed by atoms with van der Waals surface area (Å²) in [4.78, 5) is 36.6. The van der Waals surface area contributed by atoms with Crippen LogP contribution < -0.4 is 0 Å². The van der Waals surface area contributed by atoms with Crippen molar-refractivity contribution in [1.29, 1.82) is 0 Å². The highest BCUT2D eigenvalue weighted by molar-refractivity contribution is 6.02. The van der Waals surface area contributed by atoms with Gasteiger partial charge in [-0.05, 0) is 0 Å². The van der Waals surface area contributed by atoms with E-state index >= 15 is 0 Å². The first-order valence-corrected chi connectivity index (χ1v) is 4.16. The predicted octanol–water partition coefficient (Wildman–Crippen LogP) is -1.37. The number of hydrogen-bond acceptors (Lipinski definition) is 3. The minimum atomic E-state index is -0.515. The van der Waals surface area contributed by atoms with Crippen LogP contribution in [0.2, 0.25) is 0 Å². The Kier molecular flexibility index (Phi) is 1.61. The van der Waals surface area contributed by atoms with Gasteiger partial charge >= 0.3 is 0 Å². The fraction of sp³-hybridized carbons (Fsp3) is 0.625. The zero-order valence-electron chi connectivity index (χ0n) is 7.32. The molecule has 0 bridgehead atoms. The molecule has 5 nitrogen and oxygen atoms in total. The van der Waals surface area contributed by atoms with Crippen molar-refractivity contribution >= 4 is 17.6 Å². The molecular weight excluding hydrogens is 172 g/mol. The molecule has 13 heavy (non-hydrogen) atoms. The predicted molar refractivity (Wildman–Crippen MR) is 42.8 cm³/mol. The first kappa shape index (κ1) is 8.22. The number of ketones is 1. The van der Waals surface area contributed by atoms with Gasteiger partial charge in [0.1, 0.15) is 6.04 Å². The van der Waals surface area contributed by atoms with E-state index in [0.29, 0.717) is 0 Å². The van der Waals surface area contributed by atoms with Crippen molar-refractivity contribution in [2.75, 3.05) is 20.1 Å². The summed E-state index contributed by atoms with van der Waals surface area (Å²) in [6, 6.07) is -0.515. The Balaban J connectivity index is 2.27. The number of rotatable bonds is 0. The molecule has 0 saturated carbocycles. The second-order valence-corrected chi connectivity index (χ2v) is 3.47. The number of likely N-dealkylation sites (N-methyl/N-ethyl adjacent to an activating group) is 1. The molecule has 5 heteroatoms. The second kappa shape index (κ2) is 2.55. The van der Waals surface area contributed by atoms with Crippen LogP contribution in [0.3, 0.4) is 0 Å². The number of fused-ring (bicyclic) bond motifs is 1. The highest BCUT2D eigenvalue weighted by Crippen LogP contribution is 2.20. The fourth-order valence-corrected chi connectivity index (χ4v) is 1.80. The van der Waals surface area contributed by atoms with Gasteiger partial charge in [0, 0.05) is 13.5 Å². The average molecular weight is 182 g/mol. The number of nitrogens with zero attached hydrogens (tertiary/aromatic N) is 2. The molecule has 0 aromatic rings. The quantitative estimate of drug-likeness (QED) is 0.464. The zero-order valence-corrected chi connectivity index (χ0v) is 7.32. The van der Waals surface area contributed by atoms with Crippen LogP contribution in [-0.4, -0.2) is 53.6 Å². The minimum Gasteiger partial charge on any atom is -0.335 e. The van der Waals surface area contributed by atoms with Crippen LogP contribution in [0.25, 0.3) is 0 Å². The number of hydrogen-bond donors (Lipinski definition) is 0. The van der Waals surface area contributed by atoms with E-state index in [4.69, 9.17) is 0 Å². The summed E-state index contributed by atoms with van der Waals surface area (Å²) in [5, 5.41) is 0. The van der Waals surface area contributed by atoms with Gasteiger partial charge in [-0.15, -0.1) is 0 Å². The summed E-state index contributed by atoms with van der Waals surface area (Å²) in [5.41, 5.74) is 0. The average Bonchev–Trinajstić information content (AvgIpc) is 2.44. The smallest absolute Gasteiger partial charge is 0.246 e. The Morgan fingerprint density at radius 2 is 1.92 bits per heavy atom. The molecule has 2 amide bonds. The number of amides is 2. The Morgan fingerprint density at radius 3 is 2.62 bits per heavy atom. The summed E-state index contributed by atoms with van der Waals surface area (Å²) in [6.07, 6.45) is 0.189. The molecule has 0 aromatic heterocycles. The van der Waals surface area contributed by atoms with E-state index in [1.165, 1.54) is 9.80 Å². The van der Waals surface area contributed by atoms with Crippen LogP contribution in [0.1, 0.15) is 6.42 Å². The molecule has 2 fully saturated rings. The largest absolute Gasteiger partial charge is 0.335 e. The first-order chi connectivity index (χ1) is 6.09. The SMILES string of the molecule is CN1CC(=O)N2CC(=O)C[C@@H]2C1=O. The molecule has 0 radical (unpaired) electrons. The van der Waals surface area contributed by atoms with E-state index in [2.05, 4.69) is 0 Å². The van der Waals surface area contributed by atoms with E-state index in [9.17, 15) is 14.4 Å². The summed E-state index contributed by atoms with van der Waals surface area (Å²) < 4.78 is 0. The van der Waals surface area contributed by atoms with Gasteiger partial charge in [0.25, 0.3) is 0 Å². The van der Waals surface area contributed by atoms with Crippen LogP contribution >= 0.6 is 0 Å². The first-order valence-electron chi connectivity index (χ1n) is 4.16. The van der Waals surface area contributed by atoms with E-state index in [1.54, 1.807) is 7.05 Å². The maximum Gasteiger partial charge on any atom is 0.246 e. The molecular formula is C8H10N2O3. The van der Waals surface area contributed by atoms with Gasteiger partial charge in [0.15, 0.2) is 5.78 Å². The number of piperazine rings is 1. The third-order valence-corrected chi connectivity index (χ3v) is 2.50. The van der Waals surface area contributed by atoms with Gasteiger partial charge in [-0.25, -0.2) is 0 Å². The lowest BCUT2D eigenvalue weighted by Crippen LogP contribution is -2.55. The van der Waals surface area contributed by atoms with Gasteiger partial charge in [0.05, 0.1) is 13.1 Å². The summed E-state index contributed by atoms with van der Waals surface area (Å²) >= 11 is 0. The van der Waals surface area contributed by atoms with Crippen molar-refractivity contribution in [3.63, 3.8) is 0 Å². The highest BCUT2D eigenvalue weighted by atomic mass is 16.2. The molecule has 0 aromatic carbocycles. The van der Waals surface area contributed by atoms with Crippen molar-refractivity contribution in [2.45, 2.75) is 12.5 Å². The van der Waals surface area contributed by atoms with Gasteiger partial charge in [-0.2, -0.15) is 0 Å². The third-order valence-electron chi connectivity index (χ3n) is 2.50. The minimum absolute atomic E-state index is 0.0259. The fourth-order valence-electron chi connectivity index (χ4n) is 1.80. The molecule has 0 unspecified atom stereocenters. The number of carbonyl (C=O) groups excluding carboxylic acids is 3. The molecule has 1 atom stereocenters. The molecule has 0 N–H and O–H groups in total. The Labute approximate surface area is 75.3 Å². The van der Waals surface area contributed by atoms with E-state index < -0.39 is 6.04 Å². The molecule has 2 aliphatic heterocycles. The van der Waals surface area contributed by atoms with E-state index in [-0.39, 0.29) is 37.1 Å². The highest BCUT2D eigenvalue weighted by Gasteiger charge is 2.43. The van der Waals surface area contributed by atoms with E-state index in [0.717, 1.165) is 0 Å². The third kappa shape index (κ3) is 1.11. The van der Waals surface area contributed by atoms with E-state index in [1.807, 2.05) is 0 Å².